The third-order valence-corrected chi connectivity index (χ3v) is 8.74. The number of thioether (sulfide) groups is 2. The van der Waals surface area contributed by atoms with Crippen molar-refractivity contribution in [2.75, 3.05) is 38.7 Å². The van der Waals surface area contributed by atoms with Gasteiger partial charge in [0.25, 0.3) is 11.8 Å². The van der Waals surface area contributed by atoms with Crippen molar-refractivity contribution in [1.82, 2.24) is 10.2 Å². The molecule has 0 radical (unpaired) electrons. The third kappa shape index (κ3) is 6.49. The first kappa shape index (κ1) is 29.2. The highest BCUT2D eigenvalue weighted by Gasteiger charge is 2.53. The summed E-state index contributed by atoms with van der Waals surface area (Å²) in [6.45, 7) is 0.573. The maximum Gasteiger partial charge on any atom is 0.352 e. The van der Waals surface area contributed by atoms with Crippen LogP contribution in [0.25, 0.3) is 10.8 Å². The van der Waals surface area contributed by atoms with Crippen molar-refractivity contribution >= 4 is 64.0 Å². The van der Waals surface area contributed by atoms with Gasteiger partial charge in [-0.3, -0.25) is 19.3 Å². The summed E-state index contributed by atoms with van der Waals surface area (Å²) >= 11 is 2.65. The molecule has 0 aliphatic carbocycles. The average molecular weight is 586 g/mol. The zero-order valence-corrected chi connectivity index (χ0v) is 23.5. The molecule has 11 nitrogen and oxygen atoms in total. The Hall–Kier alpha value is -3.81. The van der Waals surface area contributed by atoms with Crippen LogP contribution in [0.5, 0.6) is 0 Å². The fraction of sp³-hybridized carbons (Fsp3) is 0.296. The minimum atomic E-state index is -1.23. The van der Waals surface area contributed by atoms with Crippen LogP contribution in [0.3, 0.4) is 0 Å². The molecule has 0 bridgehead atoms. The molecule has 2 aromatic rings. The number of carbonyl (C=O) groups is 5. The third-order valence-electron chi connectivity index (χ3n) is 6.45. The van der Waals surface area contributed by atoms with E-state index in [1.165, 1.54) is 34.5 Å². The summed E-state index contributed by atoms with van der Waals surface area (Å²) in [6, 6.07) is 9.44. The quantitative estimate of drug-likeness (QED) is 0.174. The van der Waals surface area contributed by atoms with E-state index in [1.54, 1.807) is 36.4 Å². The summed E-state index contributed by atoms with van der Waals surface area (Å²) in [5, 5.41) is 22.8. The highest BCUT2D eigenvalue weighted by molar-refractivity contribution is 8.00. The first-order valence-electron chi connectivity index (χ1n) is 12.2. The number of hydrogen-bond donors (Lipinski definition) is 4. The lowest BCUT2D eigenvalue weighted by Crippen LogP contribution is -2.70. The number of allylic oxidation sites excluding steroid dienone is 1. The number of nitrogens with one attached hydrogen (secondary N) is 1. The molecule has 40 heavy (non-hydrogen) atoms. The van der Waals surface area contributed by atoms with E-state index in [0.29, 0.717) is 22.4 Å². The standard InChI is InChI=1S/C27H28N4O7S2/c1-31(2,12-20(28)32)9-3-4-18-13-40-25-22(24(34)30(25)23(18)27(37)38)29-21(33)14-39-19-8-7-15-10-17(26(35)36)6-5-16(15)11-19/h3-8,10-11,22,25H,9,12-14H2,1-2H3,(H4-,28,29,32,33,35,36,37,38)/p+1/b4-3+/t22-,25-/m1/s1. The molecule has 1 fully saturated rings. The number of aliphatic carboxylic acids is 1. The SMILES string of the molecule is C[N+](C)(C/C=C/C1=C(C(=O)O)N2C(=O)[C@@H](NC(=O)CSc3ccc4cc(C(=O)O)ccc4c3)[C@H]2SC1)CC(N)=O. The smallest absolute Gasteiger partial charge is 0.352 e. The Kier molecular flexibility index (Phi) is 8.57. The molecule has 0 spiro atoms. The van der Waals surface area contributed by atoms with Crippen LogP contribution in [0.1, 0.15) is 10.4 Å². The van der Waals surface area contributed by atoms with Crippen molar-refractivity contribution in [3.63, 3.8) is 0 Å². The highest BCUT2D eigenvalue weighted by atomic mass is 32.2. The molecule has 2 aromatic carbocycles. The van der Waals surface area contributed by atoms with E-state index >= 15 is 0 Å². The number of aromatic carboxylic acids is 1. The van der Waals surface area contributed by atoms with E-state index in [1.807, 2.05) is 20.2 Å². The van der Waals surface area contributed by atoms with Gasteiger partial charge in [-0.25, -0.2) is 9.59 Å². The van der Waals surface area contributed by atoms with Crippen molar-refractivity contribution in [1.29, 1.82) is 0 Å². The van der Waals surface area contributed by atoms with Crippen LogP contribution >= 0.6 is 23.5 Å². The van der Waals surface area contributed by atoms with Crippen molar-refractivity contribution < 1.29 is 38.7 Å². The van der Waals surface area contributed by atoms with Crippen molar-refractivity contribution in [3.8, 4) is 0 Å². The first-order chi connectivity index (χ1) is 18.9. The number of β-lactam (4-membered cyclic amide) rings is 1. The van der Waals surface area contributed by atoms with Crippen LogP contribution in [0.2, 0.25) is 0 Å². The van der Waals surface area contributed by atoms with Gasteiger partial charge < -0.3 is 25.7 Å². The van der Waals surface area contributed by atoms with Crippen molar-refractivity contribution in [2.45, 2.75) is 16.3 Å². The monoisotopic (exact) mass is 585 g/mol. The van der Waals surface area contributed by atoms with Gasteiger partial charge >= 0.3 is 11.9 Å². The number of fused-ring (bicyclic) bond motifs is 2. The molecule has 3 amide bonds. The van der Waals surface area contributed by atoms with Crippen molar-refractivity contribution in [3.05, 3.63) is 65.4 Å². The van der Waals surface area contributed by atoms with Crippen LogP contribution in [0.15, 0.2) is 64.7 Å². The number of primary amides is 1. The minimum absolute atomic E-state index is 0.0504. The van der Waals surface area contributed by atoms with Gasteiger partial charge in [0, 0.05) is 10.6 Å². The van der Waals surface area contributed by atoms with Gasteiger partial charge in [-0.15, -0.1) is 23.5 Å². The number of likely N-dealkylation sites (N-methyl/N-ethyl adjacent to an activating group) is 1. The predicted molar refractivity (Wildman–Crippen MR) is 151 cm³/mol. The number of amides is 3. The number of rotatable bonds is 11. The number of carboxylic acid groups (broad SMARTS) is 2. The summed E-state index contributed by atoms with van der Waals surface area (Å²) in [7, 11) is 3.66. The largest absolute Gasteiger partial charge is 0.478 e. The number of carboxylic acids is 2. The summed E-state index contributed by atoms with van der Waals surface area (Å²) in [4.78, 5) is 62.1. The van der Waals surface area contributed by atoms with E-state index in [9.17, 15) is 29.1 Å². The molecule has 0 saturated carbocycles. The number of benzene rings is 2. The molecule has 2 aliphatic heterocycles. The molecule has 1 saturated heterocycles. The van der Waals surface area contributed by atoms with Crippen LogP contribution in [-0.4, -0.2) is 99.4 Å². The molecule has 5 N–H and O–H groups in total. The number of quaternary nitrogens is 1. The Labute approximate surface area is 238 Å². The molecule has 13 heteroatoms. The Bertz CT molecular complexity index is 1470. The van der Waals surface area contributed by atoms with E-state index in [2.05, 4.69) is 5.32 Å². The molecule has 4 rings (SSSR count). The Balaban J connectivity index is 1.36. The highest BCUT2D eigenvalue weighted by Crippen LogP contribution is 2.40. The van der Waals surface area contributed by atoms with E-state index in [0.717, 1.165) is 15.7 Å². The van der Waals surface area contributed by atoms with Gasteiger partial charge in [0.2, 0.25) is 5.91 Å². The van der Waals surface area contributed by atoms with Gasteiger partial charge in [-0.05, 0) is 46.7 Å². The molecule has 2 aliphatic rings. The van der Waals surface area contributed by atoms with Gasteiger partial charge in [-0.1, -0.05) is 18.2 Å². The number of nitrogens with two attached hydrogens (primary N) is 1. The lowest BCUT2D eigenvalue weighted by atomic mass is 10.0. The van der Waals surface area contributed by atoms with E-state index in [-0.39, 0.29) is 29.5 Å². The molecule has 0 unspecified atom stereocenters. The second kappa shape index (κ2) is 11.7. The predicted octanol–water partition coefficient (Wildman–Crippen LogP) is 1.49. The van der Waals surface area contributed by atoms with Crippen LogP contribution < -0.4 is 11.1 Å². The van der Waals surface area contributed by atoms with Crippen molar-refractivity contribution in [2.24, 2.45) is 5.73 Å². The van der Waals surface area contributed by atoms with Gasteiger partial charge in [0.15, 0.2) is 6.54 Å². The lowest BCUT2D eigenvalue weighted by Gasteiger charge is -2.49. The summed E-state index contributed by atoms with van der Waals surface area (Å²) in [5.74, 6) is -3.11. The normalized spacial score (nSPS) is 18.9. The summed E-state index contributed by atoms with van der Waals surface area (Å²) in [6.07, 6.45) is 3.43. The number of nitrogens with zero attached hydrogens (tertiary/aromatic N) is 2. The zero-order valence-electron chi connectivity index (χ0n) is 21.8. The first-order valence-corrected chi connectivity index (χ1v) is 14.3. The van der Waals surface area contributed by atoms with E-state index in [4.69, 9.17) is 10.8 Å². The fourth-order valence-electron chi connectivity index (χ4n) is 4.55. The molecule has 2 heterocycles. The maximum atomic E-state index is 12.9. The second-order valence-corrected chi connectivity index (χ2v) is 12.3. The lowest BCUT2D eigenvalue weighted by molar-refractivity contribution is -0.876. The zero-order chi connectivity index (χ0) is 29.2. The minimum Gasteiger partial charge on any atom is -0.478 e. The Morgan fingerprint density at radius 2 is 1.82 bits per heavy atom. The van der Waals surface area contributed by atoms with Crippen LogP contribution in [-0.2, 0) is 19.2 Å². The van der Waals surface area contributed by atoms with E-state index < -0.39 is 35.2 Å². The van der Waals surface area contributed by atoms with Gasteiger partial charge in [-0.2, -0.15) is 0 Å². The Morgan fingerprint density at radius 1 is 1.12 bits per heavy atom. The average Bonchev–Trinajstić information content (AvgIpc) is 2.88. The maximum absolute atomic E-state index is 12.9. The van der Waals surface area contributed by atoms with Crippen LogP contribution in [0.4, 0.5) is 0 Å². The van der Waals surface area contributed by atoms with Crippen LogP contribution in [0, 0.1) is 0 Å². The Morgan fingerprint density at radius 3 is 2.50 bits per heavy atom. The molecule has 2 atom stereocenters. The number of hydrogen-bond acceptors (Lipinski definition) is 7. The molecule has 210 valence electrons. The number of carbonyl (C=O) groups excluding carboxylic acids is 3. The molecular weight excluding hydrogens is 556 g/mol. The van der Waals surface area contributed by atoms with Gasteiger partial charge in [0.05, 0.1) is 32.0 Å². The molecule has 0 aromatic heterocycles. The second-order valence-electron chi connectivity index (χ2n) is 10.1. The molecular formula is C27H29N4O7S2+. The topological polar surface area (TPSA) is 167 Å². The fourth-order valence-corrected chi connectivity index (χ4v) is 6.62. The summed E-state index contributed by atoms with van der Waals surface area (Å²) in [5.41, 5.74) is 5.85. The van der Waals surface area contributed by atoms with Gasteiger partial charge in [0.1, 0.15) is 17.1 Å². The summed E-state index contributed by atoms with van der Waals surface area (Å²) < 4.78 is 0.302.